The van der Waals surface area contributed by atoms with E-state index in [-0.39, 0.29) is 23.7 Å². The first-order valence-corrected chi connectivity index (χ1v) is 8.94. The van der Waals surface area contributed by atoms with Crippen molar-refractivity contribution in [2.45, 2.75) is 0 Å². The molecular formula is C16H9ClIN3O4S. The maximum Gasteiger partial charge on any atom is 0.312 e. The predicted molar refractivity (Wildman–Crippen MR) is 110 cm³/mol. The summed E-state index contributed by atoms with van der Waals surface area (Å²) in [6, 6.07) is 10.2. The van der Waals surface area contributed by atoms with Crippen molar-refractivity contribution in [1.29, 1.82) is 0 Å². The van der Waals surface area contributed by atoms with Crippen molar-refractivity contribution in [3.63, 3.8) is 0 Å². The SMILES string of the molecule is Cl.O=c1/c(=C/c2cc(I)c(O)c([N+](=O)[O-])c2)sc2nc3ccccc3n12. The molecule has 0 amide bonds. The topological polar surface area (TPSA) is 97.7 Å². The lowest BCUT2D eigenvalue weighted by Crippen LogP contribution is -2.22. The van der Waals surface area contributed by atoms with Crippen LogP contribution in [0.15, 0.2) is 41.2 Å². The first kappa shape index (κ1) is 18.5. The Morgan fingerprint density at radius 1 is 1.31 bits per heavy atom. The van der Waals surface area contributed by atoms with Gasteiger partial charge in [-0.25, -0.2) is 9.38 Å². The zero-order valence-corrected chi connectivity index (χ0v) is 16.5. The first-order valence-electron chi connectivity index (χ1n) is 7.04. The number of benzene rings is 2. The molecular weight excluding hydrogens is 493 g/mol. The summed E-state index contributed by atoms with van der Waals surface area (Å²) in [6.45, 7) is 0. The normalized spacial score (nSPS) is 11.8. The number of para-hydroxylation sites is 2. The van der Waals surface area contributed by atoms with E-state index in [4.69, 9.17) is 0 Å². The minimum Gasteiger partial charge on any atom is -0.501 e. The highest BCUT2D eigenvalue weighted by atomic mass is 127. The molecule has 4 aromatic rings. The van der Waals surface area contributed by atoms with Crippen molar-refractivity contribution in [2.75, 3.05) is 0 Å². The van der Waals surface area contributed by atoms with Crippen LogP contribution in [0, 0.1) is 13.7 Å². The molecule has 0 saturated carbocycles. The van der Waals surface area contributed by atoms with Gasteiger partial charge in [-0.3, -0.25) is 14.9 Å². The highest BCUT2D eigenvalue weighted by molar-refractivity contribution is 14.1. The highest BCUT2D eigenvalue weighted by Gasteiger charge is 2.17. The summed E-state index contributed by atoms with van der Waals surface area (Å²) >= 11 is 3.04. The second-order valence-corrected chi connectivity index (χ2v) is 7.43. The van der Waals surface area contributed by atoms with E-state index >= 15 is 0 Å². The van der Waals surface area contributed by atoms with Gasteiger partial charge in [-0.15, -0.1) is 12.4 Å². The lowest BCUT2D eigenvalue weighted by molar-refractivity contribution is -0.386. The van der Waals surface area contributed by atoms with E-state index in [2.05, 4.69) is 4.98 Å². The van der Waals surface area contributed by atoms with Gasteiger partial charge in [-0.2, -0.15) is 0 Å². The molecule has 0 bridgehead atoms. The monoisotopic (exact) mass is 501 g/mol. The maximum atomic E-state index is 12.7. The summed E-state index contributed by atoms with van der Waals surface area (Å²) in [6.07, 6.45) is 1.57. The first-order chi connectivity index (χ1) is 12.0. The minimum absolute atomic E-state index is 0. The molecule has 132 valence electrons. The summed E-state index contributed by atoms with van der Waals surface area (Å²) in [5, 5.41) is 20.8. The summed E-state index contributed by atoms with van der Waals surface area (Å²) in [4.78, 5) is 28.1. The largest absolute Gasteiger partial charge is 0.501 e. The average Bonchev–Trinajstić information content (AvgIpc) is 3.07. The van der Waals surface area contributed by atoms with Crippen molar-refractivity contribution >= 4 is 74.1 Å². The third-order valence-electron chi connectivity index (χ3n) is 3.71. The number of rotatable bonds is 2. The Labute approximate surface area is 169 Å². The molecule has 1 N–H and O–H groups in total. The van der Waals surface area contributed by atoms with Crippen molar-refractivity contribution in [3.8, 4) is 5.75 Å². The average molecular weight is 502 g/mol. The number of nitrogens with zero attached hydrogens (tertiary/aromatic N) is 3. The Hall–Kier alpha value is -2.24. The molecule has 4 rings (SSSR count). The van der Waals surface area contributed by atoms with Crippen LogP contribution in [0.25, 0.3) is 22.1 Å². The number of halogens is 2. The molecule has 2 aromatic heterocycles. The molecule has 0 atom stereocenters. The van der Waals surface area contributed by atoms with Gasteiger partial charge in [0.15, 0.2) is 4.96 Å². The number of aromatic nitrogens is 2. The summed E-state index contributed by atoms with van der Waals surface area (Å²) in [7, 11) is 0. The number of aromatic hydroxyl groups is 1. The quantitative estimate of drug-likeness (QED) is 0.259. The molecule has 0 aliphatic rings. The highest BCUT2D eigenvalue weighted by Crippen LogP contribution is 2.32. The fourth-order valence-electron chi connectivity index (χ4n) is 2.59. The zero-order chi connectivity index (χ0) is 17.7. The number of hydrogen-bond donors (Lipinski definition) is 1. The number of imidazole rings is 1. The molecule has 0 unspecified atom stereocenters. The molecule has 2 aromatic carbocycles. The number of nitro groups is 1. The number of phenols is 1. The number of phenolic OH excluding ortho intramolecular Hbond substituents is 1. The van der Waals surface area contributed by atoms with E-state index in [0.29, 0.717) is 18.6 Å². The van der Waals surface area contributed by atoms with Crippen LogP contribution in [0.4, 0.5) is 5.69 Å². The van der Waals surface area contributed by atoms with Crippen LogP contribution in [-0.4, -0.2) is 19.4 Å². The summed E-state index contributed by atoms with van der Waals surface area (Å²) in [5.41, 5.74) is 1.33. The van der Waals surface area contributed by atoms with E-state index < -0.39 is 10.6 Å². The van der Waals surface area contributed by atoms with Gasteiger partial charge in [0, 0.05) is 6.07 Å². The zero-order valence-electron chi connectivity index (χ0n) is 12.7. The molecule has 2 heterocycles. The standard InChI is InChI=1S/C16H8IN3O4S.ClH/c17-9-5-8(6-12(14(9)21)20(23)24)7-13-15(22)19-11-4-2-1-3-10(11)18-16(19)25-13;/h1-7,21H;1H/b13-7-;. The van der Waals surface area contributed by atoms with Crippen molar-refractivity contribution in [3.05, 3.63) is 70.5 Å². The van der Waals surface area contributed by atoms with Crippen LogP contribution >= 0.6 is 46.3 Å². The summed E-state index contributed by atoms with van der Waals surface area (Å²) in [5.74, 6) is -0.378. The Kier molecular flexibility index (Phi) is 4.86. The maximum absolute atomic E-state index is 12.7. The number of fused-ring (bicyclic) bond motifs is 3. The van der Waals surface area contributed by atoms with Crippen LogP contribution in [-0.2, 0) is 0 Å². The van der Waals surface area contributed by atoms with Gasteiger partial charge < -0.3 is 5.11 Å². The van der Waals surface area contributed by atoms with E-state index in [9.17, 15) is 20.0 Å². The van der Waals surface area contributed by atoms with Crippen LogP contribution in [0.2, 0.25) is 0 Å². The molecule has 7 nitrogen and oxygen atoms in total. The Bertz CT molecular complexity index is 1280. The van der Waals surface area contributed by atoms with Gasteiger partial charge in [0.25, 0.3) is 5.56 Å². The van der Waals surface area contributed by atoms with Crippen LogP contribution < -0.4 is 10.1 Å². The Morgan fingerprint density at radius 3 is 2.77 bits per heavy atom. The van der Waals surface area contributed by atoms with Crippen LogP contribution in [0.5, 0.6) is 5.75 Å². The third kappa shape index (κ3) is 2.91. The number of thiazole rings is 1. The molecule has 26 heavy (non-hydrogen) atoms. The Morgan fingerprint density at radius 2 is 2.04 bits per heavy atom. The van der Waals surface area contributed by atoms with E-state index in [0.717, 1.165) is 11.0 Å². The van der Waals surface area contributed by atoms with E-state index in [1.165, 1.54) is 21.8 Å². The van der Waals surface area contributed by atoms with Crippen molar-refractivity contribution in [2.24, 2.45) is 0 Å². The van der Waals surface area contributed by atoms with Gasteiger partial charge in [0.05, 0.1) is 24.1 Å². The molecule has 10 heteroatoms. The van der Waals surface area contributed by atoms with Gasteiger partial charge in [0.2, 0.25) is 5.75 Å². The van der Waals surface area contributed by atoms with Gasteiger partial charge in [-0.1, -0.05) is 23.5 Å². The molecule has 0 aliphatic heterocycles. The molecule has 0 radical (unpaired) electrons. The number of nitro benzene ring substituents is 1. The predicted octanol–water partition coefficient (Wildman–Crippen LogP) is 3.10. The third-order valence-corrected chi connectivity index (χ3v) is 5.50. The molecule has 0 spiro atoms. The minimum atomic E-state index is -0.651. The van der Waals surface area contributed by atoms with E-state index in [1.807, 2.05) is 46.9 Å². The molecule has 0 aliphatic carbocycles. The fourth-order valence-corrected chi connectivity index (χ4v) is 4.21. The second-order valence-electron chi connectivity index (χ2n) is 5.26. The smallest absolute Gasteiger partial charge is 0.312 e. The van der Waals surface area contributed by atoms with Gasteiger partial charge in [0.1, 0.15) is 0 Å². The van der Waals surface area contributed by atoms with Gasteiger partial charge >= 0.3 is 5.69 Å². The lowest BCUT2D eigenvalue weighted by atomic mass is 10.2. The lowest BCUT2D eigenvalue weighted by Gasteiger charge is -2.00. The molecule has 0 fully saturated rings. The van der Waals surface area contributed by atoms with E-state index in [1.54, 1.807) is 12.1 Å². The second kappa shape index (κ2) is 6.82. The van der Waals surface area contributed by atoms with Crippen LogP contribution in [0.1, 0.15) is 5.56 Å². The van der Waals surface area contributed by atoms with Crippen molar-refractivity contribution in [1.82, 2.24) is 9.38 Å². The van der Waals surface area contributed by atoms with Crippen molar-refractivity contribution < 1.29 is 10.0 Å². The molecule has 0 saturated heterocycles. The fraction of sp³-hybridized carbons (Fsp3) is 0. The summed E-state index contributed by atoms with van der Waals surface area (Å²) < 4.78 is 2.30. The van der Waals surface area contributed by atoms with Crippen LogP contribution in [0.3, 0.4) is 0 Å². The van der Waals surface area contributed by atoms with Gasteiger partial charge in [-0.05, 0) is 52.4 Å². The number of hydrogen-bond acceptors (Lipinski definition) is 6. The Balaban J connectivity index is 0.00000196.